The highest BCUT2D eigenvalue weighted by atomic mass is 19.2. The fraction of sp³-hybridized carbons (Fsp3) is 0.188. The minimum Gasteiger partial charge on any atom is -0.496 e. The van der Waals surface area contributed by atoms with Crippen LogP contribution in [0.5, 0.6) is 5.75 Å². The minimum absolute atomic E-state index is 0.0365. The van der Waals surface area contributed by atoms with Crippen LogP contribution in [0.25, 0.3) is 0 Å². The van der Waals surface area contributed by atoms with Gasteiger partial charge in [0, 0.05) is 12.0 Å². The summed E-state index contributed by atoms with van der Waals surface area (Å²) in [5.41, 5.74) is 1.38. The number of hydrogen-bond acceptors (Lipinski definition) is 2. The topological polar surface area (TPSA) is 26.3 Å². The van der Waals surface area contributed by atoms with Gasteiger partial charge in [-0.1, -0.05) is 23.8 Å². The molecule has 4 heteroatoms. The number of methoxy groups -OCH3 is 1. The van der Waals surface area contributed by atoms with Crippen molar-refractivity contribution in [2.45, 2.75) is 13.3 Å². The highest BCUT2D eigenvalue weighted by Crippen LogP contribution is 2.22. The summed E-state index contributed by atoms with van der Waals surface area (Å²) < 4.78 is 31.9. The fourth-order valence-corrected chi connectivity index (χ4v) is 2.03. The lowest BCUT2D eigenvalue weighted by Crippen LogP contribution is -2.08. The highest BCUT2D eigenvalue weighted by Gasteiger charge is 2.17. The van der Waals surface area contributed by atoms with Crippen molar-refractivity contribution in [2.75, 3.05) is 7.11 Å². The molecule has 0 N–H and O–H groups in total. The van der Waals surface area contributed by atoms with Gasteiger partial charge in [-0.3, -0.25) is 4.79 Å². The van der Waals surface area contributed by atoms with Crippen molar-refractivity contribution < 1.29 is 18.3 Å². The van der Waals surface area contributed by atoms with Crippen molar-refractivity contribution in [3.63, 3.8) is 0 Å². The molecule has 0 aliphatic rings. The van der Waals surface area contributed by atoms with Crippen LogP contribution in [0.3, 0.4) is 0 Å². The van der Waals surface area contributed by atoms with E-state index < -0.39 is 17.4 Å². The van der Waals surface area contributed by atoms with E-state index in [9.17, 15) is 13.6 Å². The molecule has 2 nitrogen and oxygen atoms in total. The van der Waals surface area contributed by atoms with E-state index in [2.05, 4.69) is 0 Å². The van der Waals surface area contributed by atoms with E-state index in [1.807, 2.05) is 13.0 Å². The molecule has 0 bridgehead atoms. The molecule has 0 unspecified atom stereocenters. The second-order valence-electron chi connectivity index (χ2n) is 4.52. The Balaban J connectivity index is 2.32. The average Bonchev–Trinajstić information content (AvgIpc) is 2.42. The van der Waals surface area contributed by atoms with Crippen molar-refractivity contribution in [1.82, 2.24) is 0 Å². The number of hydrogen-bond donors (Lipinski definition) is 0. The van der Waals surface area contributed by atoms with Crippen LogP contribution < -0.4 is 4.74 Å². The average molecular weight is 276 g/mol. The number of rotatable bonds is 4. The predicted octanol–water partition coefficient (Wildman–Crippen LogP) is 3.71. The Morgan fingerprint density at radius 3 is 2.65 bits per heavy atom. The number of carbonyl (C=O) groups excluding carboxylic acids is 1. The molecule has 20 heavy (non-hydrogen) atoms. The quantitative estimate of drug-likeness (QED) is 0.796. The number of ketones is 1. The first-order chi connectivity index (χ1) is 9.52. The van der Waals surface area contributed by atoms with Crippen LogP contribution in [0, 0.1) is 18.6 Å². The third-order valence-electron chi connectivity index (χ3n) is 3.04. The summed E-state index contributed by atoms with van der Waals surface area (Å²) in [7, 11) is 1.50. The van der Waals surface area contributed by atoms with Gasteiger partial charge in [0.15, 0.2) is 17.4 Å². The molecular formula is C16H14F2O2. The normalized spacial score (nSPS) is 10.4. The lowest BCUT2D eigenvalue weighted by Gasteiger charge is -2.09. The zero-order valence-electron chi connectivity index (χ0n) is 11.2. The van der Waals surface area contributed by atoms with E-state index in [1.54, 1.807) is 12.1 Å². The van der Waals surface area contributed by atoms with Gasteiger partial charge in [-0.25, -0.2) is 8.78 Å². The lowest BCUT2D eigenvalue weighted by atomic mass is 10.0. The summed E-state index contributed by atoms with van der Waals surface area (Å²) in [4.78, 5) is 12.1. The summed E-state index contributed by atoms with van der Waals surface area (Å²) in [5.74, 6) is -2.05. The summed E-state index contributed by atoms with van der Waals surface area (Å²) in [5, 5.41) is 0. The molecule has 0 spiro atoms. The van der Waals surface area contributed by atoms with E-state index in [1.165, 1.54) is 19.2 Å². The Bertz CT molecular complexity index is 651. The van der Waals surface area contributed by atoms with E-state index in [0.29, 0.717) is 11.3 Å². The third-order valence-corrected chi connectivity index (χ3v) is 3.04. The molecule has 0 atom stereocenters. The second-order valence-corrected chi connectivity index (χ2v) is 4.52. The molecule has 0 radical (unpaired) electrons. The first kappa shape index (κ1) is 14.2. The number of benzene rings is 2. The highest BCUT2D eigenvalue weighted by molar-refractivity contribution is 5.98. The first-order valence-corrected chi connectivity index (χ1v) is 6.13. The number of carbonyl (C=O) groups is 1. The Labute approximate surface area is 116 Å². The van der Waals surface area contributed by atoms with Crippen molar-refractivity contribution in [2.24, 2.45) is 0 Å². The Hall–Kier alpha value is -2.23. The van der Waals surface area contributed by atoms with E-state index >= 15 is 0 Å². The number of ether oxygens (including phenoxy) is 1. The molecule has 0 aliphatic carbocycles. The summed E-state index contributed by atoms with van der Waals surface area (Å²) in [6.45, 7) is 1.89. The molecule has 0 saturated heterocycles. The minimum atomic E-state index is -1.11. The Morgan fingerprint density at radius 1 is 1.20 bits per heavy atom. The van der Waals surface area contributed by atoms with Crippen molar-refractivity contribution in [3.05, 3.63) is 64.7 Å². The number of Topliss-reactive ketones (excluding diaryl/α,β-unsaturated/α-hetero) is 1. The molecule has 0 saturated carbocycles. The van der Waals surface area contributed by atoms with Gasteiger partial charge < -0.3 is 4.74 Å². The standard InChI is InChI=1S/C16H14F2O2/c1-10-6-7-15(20-2)11(8-10)9-14(19)12-4-3-5-13(17)16(12)18/h3-8H,9H2,1-2H3. The summed E-state index contributed by atoms with van der Waals surface area (Å²) in [6.07, 6.45) is -0.0365. The molecule has 104 valence electrons. The summed E-state index contributed by atoms with van der Waals surface area (Å²) in [6, 6.07) is 8.99. The van der Waals surface area contributed by atoms with Gasteiger partial charge in [0.05, 0.1) is 12.7 Å². The zero-order valence-corrected chi connectivity index (χ0v) is 11.2. The van der Waals surface area contributed by atoms with Gasteiger partial charge in [0.1, 0.15) is 5.75 Å². The van der Waals surface area contributed by atoms with Gasteiger partial charge in [0.25, 0.3) is 0 Å². The molecule has 0 aromatic heterocycles. The van der Waals surface area contributed by atoms with Crippen LogP contribution in [-0.2, 0) is 6.42 Å². The maximum atomic E-state index is 13.6. The smallest absolute Gasteiger partial charge is 0.170 e. The van der Waals surface area contributed by atoms with E-state index in [4.69, 9.17) is 4.74 Å². The van der Waals surface area contributed by atoms with Crippen molar-refractivity contribution >= 4 is 5.78 Å². The fourth-order valence-electron chi connectivity index (χ4n) is 2.03. The van der Waals surface area contributed by atoms with Crippen molar-refractivity contribution in [3.8, 4) is 5.75 Å². The first-order valence-electron chi connectivity index (χ1n) is 6.13. The van der Waals surface area contributed by atoms with Crippen LogP contribution in [-0.4, -0.2) is 12.9 Å². The molecule has 2 aromatic rings. The van der Waals surface area contributed by atoms with Gasteiger partial charge in [0.2, 0.25) is 0 Å². The van der Waals surface area contributed by atoms with Crippen LogP contribution in [0.4, 0.5) is 8.78 Å². The van der Waals surface area contributed by atoms with Crippen LogP contribution in [0.2, 0.25) is 0 Å². The van der Waals surface area contributed by atoms with E-state index in [0.717, 1.165) is 11.6 Å². The Kier molecular flexibility index (Phi) is 4.13. The maximum Gasteiger partial charge on any atom is 0.170 e. The third kappa shape index (κ3) is 2.85. The number of aryl methyl sites for hydroxylation is 1. The summed E-state index contributed by atoms with van der Waals surface area (Å²) >= 11 is 0. The lowest BCUT2D eigenvalue weighted by molar-refractivity contribution is 0.0987. The van der Waals surface area contributed by atoms with Crippen LogP contribution >= 0.6 is 0 Å². The van der Waals surface area contributed by atoms with Crippen LogP contribution in [0.15, 0.2) is 36.4 Å². The molecular weight excluding hydrogens is 262 g/mol. The molecule has 0 heterocycles. The predicted molar refractivity (Wildman–Crippen MR) is 72.1 cm³/mol. The van der Waals surface area contributed by atoms with Gasteiger partial charge in [-0.05, 0) is 25.1 Å². The SMILES string of the molecule is COc1ccc(C)cc1CC(=O)c1cccc(F)c1F. The Morgan fingerprint density at radius 2 is 1.95 bits per heavy atom. The molecule has 2 rings (SSSR count). The molecule has 0 amide bonds. The van der Waals surface area contributed by atoms with Crippen molar-refractivity contribution in [1.29, 1.82) is 0 Å². The van der Waals surface area contributed by atoms with Crippen LogP contribution in [0.1, 0.15) is 21.5 Å². The van der Waals surface area contributed by atoms with Gasteiger partial charge in [-0.15, -0.1) is 0 Å². The largest absolute Gasteiger partial charge is 0.496 e. The molecule has 0 fully saturated rings. The zero-order chi connectivity index (χ0) is 14.7. The number of halogens is 2. The van der Waals surface area contributed by atoms with Gasteiger partial charge in [-0.2, -0.15) is 0 Å². The second kappa shape index (κ2) is 5.82. The maximum absolute atomic E-state index is 13.6. The monoisotopic (exact) mass is 276 g/mol. The molecule has 0 aliphatic heterocycles. The van der Waals surface area contributed by atoms with Gasteiger partial charge >= 0.3 is 0 Å². The van der Waals surface area contributed by atoms with E-state index in [-0.39, 0.29) is 12.0 Å². The molecule has 2 aromatic carbocycles.